The van der Waals surface area contributed by atoms with Crippen LogP contribution in [0.2, 0.25) is 0 Å². The molecule has 13 nitrogen and oxygen atoms in total. The van der Waals surface area contributed by atoms with Crippen LogP contribution in [0.1, 0.15) is 64.5 Å². The average Bonchev–Trinajstić information content (AvgIpc) is 4.13. The molecule has 0 spiro atoms. The van der Waals surface area contributed by atoms with Gasteiger partial charge in [0.1, 0.15) is 12.3 Å². The minimum absolute atomic E-state index is 0.00565. The molecule has 2 aliphatic heterocycles. The Morgan fingerprint density at radius 1 is 0.817 bits per heavy atom. The second-order valence-electron chi connectivity index (χ2n) is 13.8. The quantitative estimate of drug-likeness (QED) is 0.105. The smallest absolute Gasteiger partial charge is 0.292 e. The molecule has 0 saturated carbocycles. The van der Waals surface area contributed by atoms with Gasteiger partial charge in [-0.05, 0) is 69.6 Å². The van der Waals surface area contributed by atoms with Crippen molar-refractivity contribution in [3.05, 3.63) is 96.0 Å². The summed E-state index contributed by atoms with van der Waals surface area (Å²) in [5.41, 5.74) is 7.86. The predicted molar refractivity (Wildman–Crippen MR) is 245 cm³/mol. The lowest BCUT2D eigenvalue weighted by molar-refractivity contribution is -0.135. The molecule has 6 aromatic rings. The van der Waals surface area contributed by atoms with Crippen molar-refractivity contribution in [3.8, 4) is 33.6 Å². The maximum Gasteiger partial charge on any atom is 0.292 e. The van der Waals surface area contributed by atoms with E-state index in [-0.39, 0.29) is 11.8 Å². The first-order valence-electron chi connectivity index (χ1n) is 20.1. The highest BCUT2D eigenvalue weighted by atomic mass is 32.1. The predicted octanol–water partition coefficient (Wildman–Crippen LogP) is 8.22. The van der Waals surface area contributed by atoms with E-state index in [4.69, 9.17) is 4.79 Å². The zero-order valence-electron chi connectivity index (χ0n) is 35.6. The summed E-state index contributed by atoms with van der Waals surface area (Å²) >= 11 is 3.58. The van der Waals surface area contributed by atoms with Gasteiger partial charge in [-0.1, -0.05) is 74.9 Å². The van der Waals surface area contributed by atoms with E-state index in [1.165, 1.54) is 72.5 Å². The highest BCUT2D eigenvalue weighted by Crippen LogP contribution is 2.43. The largest absolute Gasteiger partial charge is 0.471 e. The number of carbonyl (C=O) groups excluding carboxylic acids is 4. The average molecular weight is 857 g/mol. The molecule has 15 heteroatoms. The van der Waals surface area contributed by atoms with E-state index in [0.29, 0.717) is 13.0 Å². The number of imidazole rings is 2. The van der Waals surface area contributed by atoms with Gasteiger partial charge in [-0.25, -0.2) is 9.97 Å². The molecular formula is C45H60N8O5S2. The van der Waals surface area contributed by atoms with Crippen LogP contribution < -0.4 is 10.6 Å². The molecule has 0 bridgehead atoms. The van der Waals surface area contributed by atoms with Crippen LogP contribution in [0, 0.1) is 0 Å². The van der Waals surface area contributed by atoms with Crippen molar-refractivity contribution in [3.63, 3.8) is 0 Å². The molecular weight excluding hydrogens is 797 g/mol. The number of methoxy groups -OCH3 is 1. The van der Waals surface area contributed by atoms with Gasteiger partial charge in [0.25, 0.3) is 6.47 Å². The van der Waals surface area contributed by atoms with Crippen molar-refractivity contribution in [2.75, 3.05) is 53.9 Å². The number of hydrogen-bond donors (Lipinski definition) is 4. The van der Waals surface area contributed by atoms with Crippen LogP contribution in [0.15, 0.2) is 90.4 Å². The molecule has 60 heavy (non-hydrogen) atoms. The Morgan fingerprint density at radius 3 is 1.78 bits per heavy atom. The third kappa shape index (κ3) is 15.9. The molecule has 4 N–H and O–H groups in total. The SMILES string of the molecule is CC(=O)NC(C(=O)N1CCCC1)c1ccccc1.CCC.CN1CCCC1.CNCC=O.COC=O.c1ncc(-c2ccc(-c3csc4c(-c5cnc[nH]5)csc34)cc2)[nH]1. The molecule has 6 heterocycles. The summed E-state index contributed by atoms with van der Waals surface area (Å²) in [6, 6.07) is 17.5. The fourth-order valence-corrected chi connectivity index (χ4v) is 8.51. The summed E-state index contributed by atoms with van der Waals surface area (Å²) in [5.74, 6) is -0.190. The summed E-state index contributed by atoms with van der Waals surface area (Å²) in [7, 11) is 5.22. The van der Waals surface area contributed by atoms with Crippen molar-refractivity contribution in [2.24, 2.45) is 0 Å². The van der Waals surface area contributed by atoms with E-state index >= 15 is 0 Å². The van der Waals surface area contributed by atoms with Crippen LogP contribution in [0.3, 0.4) is 0 Å². The standard InChI is InChI=1S/C18H12N4S2.C14H18N2O2.C5H11N.C3H7NO.C3H8.C2H4O2/c1-3-12(15-5-19-9-21-15)4-2-11(1)13-7-23-18-14(8-24-17(13)18)16-6-20-10-22-16;1-11(17)15-13(12-7-3-2-4-8-12)14(18)16-9-5-6-10-16;1-6-4-2-3-5-6;1-4-2-3-5;1-3-2;1-4-2-3/h1-10H,(H,19,21)(H,20,22);2-4,7-8,13H,5-6,9-10H2,1H3,(H,15,17);2-5H2,1H3;3-4H,2H2,1H3;3H2,1-2H3;2H,1H3. The molecule has 2 aromatic carbocycles. The molecule has 1 unspecified atom stereocenters. The fourth-order valence-electron chi connectivity index (χ4n) is 6.07. The molecule has 2 amide bonds. The van der Waals surface area contributed by atoms with Crippen molar-refractivity contribution < 1.29 is 23.9 Å². The lowest BCUT2D eigenvalue weighted by Crippen LogP contribution is -2.41. The number of carbonyl (C=O) groups is 4. The maximum atomic E-state index is 12.4. The molecule has 322 valence electrons. The summed E-state index contributed by atoms with van der Waals surface area (Å²) in [5, 5.41) is 9.84. The van der Waals surface area contributed by atoms with Gasteiger partial charge in [-0.2, -0.15) is 0 Å². The Bertz CT molecular complexity index is 2060. The third-order valence-electron chi connectivity index (χ3n) is 8.94. The van der Waals surface area contributed by atoms with Gasteiger partial charge in [0.2, 0.25) is 11.8 Å². The van der Waals surface area contributed by atoms with E-state index in [1.54, 1.807) is 42.4 Å². The molecule has 2 fully saturated rings. The van der Waals surface area contributed by atoms with Crippen molar-refractivity contribution in [2.45, 2.75) is 58.9 Å². The van der Waals surface area contributed by atoms with Crippen molar-refractivity contribution >= 4 is 56.6 Å². The van der Waals surface area contributed by atoms with Gasteiger partial charge in [-0.15, -0.1) is 22.7 Å². The number of aromatic amines is 2. The number of benzene rings is 2. The Morgan fingerprint density at radius 2 is 1.33 bits per heavy atom. The number of hydrogen-bond acceptors (Lipinski definition) is 11. The molecule has 2 saturated heterocycles. The van der Waals surface area contributed by atoms with Gasteiger partial charge in [-0.3, -0.25) is 14.4 Å². The number of nitrogens with one attached hydrogen (secondary N) is 4. The van der Waals surface area contributed by atoms with E-state index < -0.39 is 6.04 Å². The number of amides is 2. The lowest BCUT2D eigenvalue weighted by atomic mass is 10.1. The Labute approximate surface area is 362 Å². The normalized spacial score (nSPS) is 13.3. The molecule has 2 aliphatic rings. The number of likely N-dealkylation sites (N-methyl/N-ethyl adjacent to an activating group) is 1. The first kappa shape index (κ1) is 48.9. The topological polar surface area (TPSA) is 165 Å². The highest BCUT2D eigenvalue weighted by molar-refractivity contribution is 7.27. The fraction of sp³-hybridized carbons (Fsp3) is 0.378. The van der Waals surface area contributed by atoms with Crippen LogP contribution >= 0.6 is 22.7 Å². The van der Waals surface area contributed by atoms with E-state index in [9.17, 15) is 14.4 Å². The van der Waals surface area contributed by atoms with Gasteiger partial charge in [0.15, 0.2) is 0 Å². The summed E-state index contributed by atoms with van der Waals surface area (Å²) in [6.45, 7) is 10.7. The van der Waals surface area contributed by atoms with Crippen molar-refractivity contribution in [1.82, 2.24) is 40.4 Å². The zero-order chi connectivity index (χ0) is 43.5. The number of thiophene rings is 2. The van der Waals surface area contributed by atoms with Crippen LogP contribution in [0.25, 0.3) is 43.0 Å². The van der Waals surface area contributed by atoms with Crippen molar-refractivity contribution in [1.29, 1.82) is 0 Å². The summed E-state index contributed by atoms with van der Waals surface area (Å²) < 4.78 is 6.51. The monoisotopic (exact) mass is 856 g/mol. The van der Waals surface area contributed by atoms with Gasteiger partial charge in [0.05, 0.1) is 59.5 Å². The molecule has 0 aliphatic carbocycles. The number of likely N-dealkylation sites (tertiary alicyclic amines) is 2. The zero-order valence-corrected chi connectivity index (χ0v) is 37.2. The summed E-state index contributed by atoms with van der Waals surface area (Å²) in [4.78, 5) is 60.7. The van der Waals surface area contributed by atoms with Crippen LogP contribution in [0.5, 0.6) is 0 Å². The van der Waals surface area contributed by atoms with E-state index in [1.807, 2.05) is 47.6 Å². The number of aromatic nitrogens is 4. The molecule has 1 atom stereocenters. The number of aldehydes is 1. The Hall–Kier alpha value is -5.48. The minimum atomic E-state index is -0.554. The third-order valence-corrected chi connectivity index (χ3v) is 11.1. The van der Waals surface area contributed by atoms with Crippen LogP contribution in [-0.2, 0) is 23.9 Å². The molecule has 0 radical (unpaired) electrons. The number of H-pyrrole nitrogens is 2. The second-order valence-corrected chi connectivity index (χ2v) is 15.6. The Balaban J connectivity index is 0.000000233. The van der Waals surface area contributed by atoms with Gasteiger partial charge >= 0.3 is 0 Å². The van der Waals surface area contributed by atoms with Crippen LogP contribution in [0.4, 0.5) is 0 Å². The second kappa shape index (κ2) is 28.1. The van der Waals surface area contributed by atoms with E-state index in [2.05, 4.69) is 96.1 Å². The number of rotatable bonds is 9. The van der Waals surface area contributed by atoms with Gasteiger partial charge < -0.3 is 39.9 Å². The minimum Gasteiger partial charge on any atom is -0.471 e. The first-order valence-corrected chi connectivity index (χ1v) is 21.9. The molecule has 8 rings (SSSR count). The number of fused-ring (bicyclic) bond motifs is 1. The Kier molecular flexibility index (Phi) is 22.9. The van der Waals surface area contributed by atoms with E-state index in [0.717, 1.165) is 54.7 Å². The number of nitrogens with zero attached hydrogens (tertiary/aromatic N) is 4. The number of ether oxygens (including phenoxy) is 1. The van der Waals surface area contributed by atoms with Crippen LogP contribution in [-0.4, -0.2) is 108 Å². The summed E-state index contributed by atoms with van der Waals surface area (Å²) in [6.07, 6.45) is 14.1. The lowest BCUT2D eigenvalue weighted by Gasteiger charge is -2.23. The van der Waals surface area contributed by atoms with Gasteiger partial charge in [0, 0.05) is 41.9 Å². The highest BCUT2D eigenvalue weighted by Gasteiger charge is 2.28. The molecule has 4 aromatic heterocycles. The maximum absolute atomic E-state index is 12.4. The first-order chi connectivity index (χ1) is 29.2.